The van der Waals surface area contributed by atoms with Gasteiger partial charge >= 0.3 is 5.97 Å². The number of fused-ring (bicyclic) bond motifs is 1. The molecule has 8 rings (SSSR count). The van der Waals surface area contributed by atoms with E-state index in [-0.39, 0.29) is 0 Å². The number of nitrogens with zero attached hydrogens (tertiary/aromatic N) is 3. The number of benzene rings is 5. The van der Waals surface area contributed by atoms with Gasteiger partial charge in [0.1, 0.15) is 17.2 Å². The van der Waals surface area contributed by atoms with Gasteiger partial charge in [0.25, 0.3) is 5.72 Å². The van der Waals surface area contributed by atoms with Crippen molar-refractivity contribution in [1.82, 2.24) is 4.90 Å². The summed E-state index contributed by atoms with van der Waals surface area (Å²) in [5.74, 6) is 1.22. The smallest absolute Gasteiger partial charge is 0.354 e. The summed E-state index contributed by atoms with van der Waals surface area (Å²) in [6, 6.07) is 43.9. The first-order valence-electron chi connectivity index (χ1n) is 15.6. The molecule has 0 N–H and O–H groups in total. The molecular formula is C40H31N3O5. The van der Waals surface area contributed by atoms with Crippen LogP contribution in [0.5, 0.6) is 11.5 Å². The molecule has 0 saturated carbocycles. The van der Waals surface area contributed by atoms with Crippen molar-refractivity contribution in [2.75, 3.05) is 14.2 Å². The van der Waals surface area contributed by atoms with Crippen LogP contribution >= 0.6 is 0 Å². The highest BCUT2D eigenvalue weighted by atomic mass is 16.7. The van der Waals surface area contributed by atoms with Crippen LogP contribution in [-0.4, -0.2) is 36.6 Å². The predicted octanol–water partition coefficient (Wildman–Crippen LogP) is 7.34. The van der Waals surface area contributed by atoms with Gasteiger partial charge in [0, 0.05) is 33.4 Å². The van der Waals surface area contributed by atoms with E-state index in [1.807, 2.05) is 146 Å². The maximum atomic E-state index is 15.0. The molecule has 1 saturated heterocycles. The third kappa shape index (κ3) is 4.12. The monoisotopic (exact) mass is 633 g/mol. The molecule has 48 heavy (non-hydrogen) atoms. The first-order valence-corrected chi connectivity index (χ1v) is 15.6. The molecule has 3 aliphatic rings. The first-order chi connectivity index (χ1) is 23.6. The highest BCUT2D eigenvalue weighted by molar-refractivity contribution is 6.23. The van der Waals surface area contributed by atoms with E-state index in [2.05, 4.69) is 10.1 Å². The SMILES string of the molecule is COc1ccccc1/C=C1\[C@@]2(C(=O)ON=C2c2ccccc2)[C@@H](c2ccccc2OC)N2C(c3ccccc3)=NO[C@@]12c1ccccc1. The predicted molar refractivity (Wildman–Crippen MR) is 182 cm³/mol. The van der Waals surface area contributed by atoms with E-state index < -0.39 is 23.2 Å². The Morgan fingerprint density at radius 1 is 0.688 bits per heavy atom. The van der Waals surface area contributed by atoms with Crippen LogP contribution in [0.1, 0.15) is 33.9 Å². The number of carbonyl (C=O) groups is 1. The Bertz CT molecular complexity index is 2100. The summed E-state index contributed by atoms with van der Waals surface area (Å²) < 4.78 is 11.9. The van der Waals surface area contributed by atoms with Gasteiger partial charge in [0.2, 0.25) is 0 Å². The van der Waals surface area contributed by atoms with Crippen LogP contribution in [0.4, 0.5) is 0 Å². The molecule has 0 bridgehead atoms. The number of carbonyl (C=O) groups excluding carboxylic acids is 1. The van der Waals surface area contributed by atoms with Crippen LogP contribution in [0, 0.1) is 5.41 Å². The standard InChI is InChI=1S/C40H31N3O5/c1-45-32-24-14-12-20-29(32)26-34-39(35(41-47-38(39)44)27-16-6-3-7-17-27)36(31-23-13-15-25-33(31)46-2)43-37(28-18-8-4-9-19-28)42-48-40(34,43)30-21-10-5-11-22-30/h3-26,36H,1-2H3/b34-26+/t36-,39+,40+/m1/s1. The molecule has 5 aromatic carbocycles. The number of hydrogen-bond acceptors (Lipinski definition) is 8. The van der Waals surface area contributed by atoms with Crippen LogP contribution in [0.3, 0.4) is 0 Å². The fourth-order valence-corrected chi connectivity index (χ4v) is 7.33. The highest BCUT2D eigenvalue weighted by Gasteiger charge is 2.77. The number of hydrogen-bond donors (Lipinski definition) is 0. The number of rotatable bonds is 7. The molecule has 3 heterocycles. The maximum absolute atomic E-state index is 15.0. The Balaban J connectivity index is 1.56. The minimum atomic E-state index is -1.55. The zero-order chi connectivity index (χ0) is 32.7. The van der Waals surface area contributed by atoms with E-state index >= 15 is 0 Å². The van der Waals surface area contributed by atoms with Crippen molar-refractivity contribution in [2.24, 2.45) is 15.7 Å². The number of methoxy groups -OCH3 is 2. The quantitative estimate of drug-likeness (QED) is 0.175. The van der Waals surface area contributed by atoms with E-state index in [1.165, 1.54) is 0 Å². The van der Waals surface area contributed by atoms with E-state index in [9.17, 15) is 4.79 Å². The van der Waals surface area contributed by atoms with Crippen molar-refractivity contribution < 1.29 is 23.9 Å². The Morgan fingerprint density at radius 3 is 1.96 bits per heavy atom. The zero-order valence-corrected chi connectivity index (χ0v) is 26.3. The fourth-order valence-electron chi connectivity index (χ4n) is 7.33. The normalized spacial score (nSPS) is 23.4. The van der Waals surface area contributed by atoms with Crippen molar-refractivity contribution in [2.45, 2.75) is 11.8 Å². The van der Waals surface area contributed by atoms with Crippen molar-refractivity contribution in [3.63, 3.8) is 0 Å². The minimum absolute atomic E-state index is 0.450. The molecule has 0 radical (unpaired) electrons. The average Bonchev–Trinajstić information content (AvgIpc) is 3.78. The third-order valence-electron chi connectivity index (χ3n) is 9.32. The van der Waals surface area contributed by atoms with Gasteiger partial charge in [-0.15, -0.1) is 0 Å². The van der Waals surface area contributed by atoms with Crippen LogP contribution in [0.2, 0.25) is 0 Å². The Morgan fingerprint density at radius 2 is 1.27 bits per heavy atom. The second-order valence-corrected chi connectivity index (χ2v) is 11.7. The van der Waals surface area contributed by atoms with Gasteiger partial charge in [-0.1, -0.05) is 138 Å². The molecule has 236 valence electrons. The summed E-state index contributed by atoms with van der Waals surface area (Å²) in [6.07, 6.45) is 1.97. The zero-order valence-electron chi connectivity index (χ0n) is 26.3. The third-order valence-corrected chi connectivity index (χ3v) is 9.32. The minimum Gasteiger partial charge on any atom is -0.496 e. The summed E-state index contributed by atoms with van der Waals surface area (Å²) in [5, 5.41) is 9.39. The van der Waals surface area contributed by atoms with Crippen LogP contribution < -0.4 is 9.47 Å². The van der Waals surface area contributed by atoms with E-state index in [1.54, 1.807) is 14.2 Å². The molecule has 8 heteroatoms. The molecule has 0 unspecified atom stereocenters. The summed E-state index contributed by atoms with van der Waals surface area (Å²) in [4.78, 5) is 29.7. The lowest BCUT2D eigenvalue weighted by Gasteiger charge is -2.36. The van der Waals surface area contributed by atoms with Gasteiger partial charge in [0.15, 0.2) is 11.3 Å². The molecular weight excluding hydrogens is 602 g/mol. The Kier molecular flexibility index (Phi) is 7.06. The van der Waals surface area contributed by atoms with Crippen LogP contribution in [0.25, 0.3) is 6.08 Å². The summed E-state index contributed by atoms with van der Waals surface area (Å²) in [6.45, 7) is 0. The molecule has 5 aromatic rings. The van der Waals surface area contributed by atoms with Crippen LogP contribution in [-0.2, 0) is 20.2 Å². The second-order valence-electron chi connectivity index (χ2n) is 11.7. The van der Waals surface area contributed by atoms with Crippen molar-refractivity contribution >= 4 is 23.6 Å². The largest absolute Gasteiger partial charge is 0.496 e. The molecule has 1 fully saturated rings. The van der Waals surface area contributed by atoms with Crippen molar-refractivity contribution in [3.05, 3.63) is 173 Å². The van der Waals surface area contributed by atoms with Gasteiger partial charge in [-0.25, -0.2) is 4.79 Å². The fraction of sp³-hybridized carbons (Fsp3) is 0.125. The van der Waals surface area contributed by atoms with Crippen molar-refractivity contribution in [1.29, 1.82) is 0 Å². The maximum Gasteiger partial charge on any atom is 0.354 e. The van der Waals surface area contributed by atoms with E-state index in [4.69, 9.17) is 24.3 Å². The highest BCUT2D eigenvalue weighted by Crippen LogP contribution is 2.68. The Hall–Kier alpha value is -6.15. The molecule has 8 nitrogen and oxygen atoms in total. The summed E-state index contributed by atoms with van der Waals surface area (Å²) in [7, 11) is 3.25. The molecule has 3 aliphatic heterocycles. The number of oxime groups is 2. The van der Waals surface area contributed by atoms with Gasteiger partial charge in [-0.3, -0.25) is 4.90 Å². The van der Waals surface area contributed by atoms with Crippen molar-refractivity contribution in [3.8, 4) is 11.5 Å². The average molecular weight is 634 g/mol. The summed E-state index contributed by atoms with van der Waals surface area (Å²) in [5.41, 5.74) is 1.83. The molecule has 0 aliphatic carbocycles. The second kappa shape index (κ2) is 11.6. The Labute approximate surface area is 278 Å². The number of ether oxygens (including phenoxy) is 2. The number of para-hydroxylation sites is 2. The van der Waals surface area contributed by atoms with Gasteiger partial charge in [-0.05, 0) is 18.2 Å². The van der Waals surface area contributed by atoms with E-state index in [0.29, 0.717) is 28.6 Å². The lowest BCUT2D eigenvalue weighted by Crippen LogP contribution is -2.45. The van der Waals surface area contributed by atoms with Gasteiger partial charge in [-0.2, -0.15) is 0 Å². The topological polar surface area (TPSA) is 82.0 Å². The molecule has 0 amide bonds. The van der Waals surface area contributed by atoms with E-state index in [0.717, 1.165) is 27.8 Å². The summed E-state index contributed by atoms with van der Waals surface area (Å²) >= 11 is 0. The number of amidine groups is 1. The molecule has 1 spiro atoms. The molecule has 3 atom stereocenters. The first kappa shape index (κ1) is 29.3. The van der Waals surface area contributed by atoms with Crippen LogP contribution in [0.15, 0.2) is 155 Å². The lowest BCUT2D eigenvalue weighted by molar-refractivity contribution is -0.147. The lowest BCUT2D eigenvalue weighted by atomic mass is 9.66. The molecule has 0 aromatic heterocycles. The van der Waals surface area contributed by atoms with Gasteiger partial charge < -0.3 is 19.1 Å². The van der Waals surface area contributed by atoms with Gasteiger partial charge in [0.05, 0.1) is 20.3 Å².